The van der Waals surface area contributed by atoms with Gasteiger partial charge in [0, 0.05) is 6.54 Å². The molecule has 0 aromatic carbocycles. The molecular formula is C17H31NO7. The first-order valence-corrected chi connectivity index (χ1v) is 8.97. The van der Waals surface area contributed by atoms with Crippen LogP contribution < -0.4 is 5.73 Å². The van der Waals surface area contributed by atoms with Crippen molar-refractivity contribution in [3.63, 3.8) is 0 Å². The van der Waals surface area contributed by atoms with Crippen molar-refractivity contribution in [1.29, 1.82) is 0 Å². The van der Waals surface area contributed by atoms with Crippen LogP contribution in [0.5, 0.6) is 0 Å². The van der Waals surface area contributed by atoms with Crippen LogP contribution in [0.2, 0.25) is 0 Å². The van der Waals surface area contributed by atoms with Crippen LogP contribution in [0.15, 0.2) is 0 Å². The third-order valence-corrected chi connectivity index (χ3v) is 4.43. The Morgan fingerprint density at radius 2 is 1.84 bits per heavy atom. The second-order valence-corrected chi connectivity index (χ2v) is 7.71. The summed E-state index contributed by atoms with van der Waals surface area (Å²) in [5.74, 6) is -1.33. The van der Waals surface area contributed by atoms with E-state index in [1.54, 1.807) is 0 Å². The summed E-state index contributed by atoms with van der Waals surface area (Å²) in [5.41, 5.74) is 5.46. The summed E-state index contributed by atoms with van der Waals surface area (Å²) in [6.07, 6.45) is -1.82. The Morgan fingerprint density at radius 1 is 1.08 bits per heavy atom. The van der Waals surface area contributed by atoms with E-state index in [0.717, 1.165) is 0 Å². The second-order valence-electron chi connectivity index (χ2n) is 7.71. The summed E-state index contributed by atoms with van der Waals surface area (Å²) in [6.45, 7) is 11.4. The van der Waals surface area contributed by atoms with Gasteiger partial charge in [0.2, 0.25) is 0 Å². The molecule has 0 aromatic rings. The first kappa shape index (κ1) is 19.4. The molecule has 146 valence electrons. The van der Waals surface area contributed by atoms with Gasteiger partial charge in [0.1, 0.15) is 24.4 Å². The van der Waals surface area contributed by atoms with Crippen molar-refractivity contribution in [2.24, 2.45) is 5.73 Å². The summed E-state index contributed by atoms with van der Waals surface area (Å²) in [7, 11) is 0. The maximum atomic E-state index is 6.23. The Balaban J connectivity index is 1.67. The highest BCUT2D eigenvalue weighted by Gasteiger charge is 2.59. The molecular weight excluding hydrogens is 330 g/mol. The first-order chi connectivity index (χ1) is 11.7. The van der Waals surface area contributed by atoms with E-state index >= 15 is 0 Å². The van der Waals surface area contributed by atoms with E-state index in [-0.39, 0.29) is 30.5 Å². The minimum Gasteiger partial charge on any atom is -0.377 e. The third-order valence-electron chi connectivity index (χ3n) is 4.43. The lowest BCUT2D eigenvalue weighted by molar-refractivity contribution is -0.239. The van der Waals surface area contributed by atoms with Crippen LogP contribution in [0.1, 0.15) is 34.6 Å². The number of rotatable bonds is 7. The van der Waals surface area contributed by atoms with Crippen molar-refractivity contribution >= 4 is 0 Å². The zero-order valence-electron chi connectivity index (χ0n) is 15.7. The molecule has 0 radical (unpaired) electrons. The minimum absolute atomic E-state index is 0.135. The fraction of sp³-hybridized carbons (Fsp3) is 1.00. The maximum Gasteiger partial charge on any atom is 0.190 e. The monoisotopic (exact) mass is 361 g/mol. The van der Waals surface area contributed by atoms with Crippen molar-refractivity contribution in [3.05, 3.63) is 0 Å². The molecule has 0 bridgehead atoms. The molecule has 3 aliphatic rings. The molecule has 8 heteroatoms. The average Bonchev–Trinajstić information content (AvgIpc) is 3.10. The van der Waals surface area contributed by atoms with Crippen LogP contribution in [0.25, 0.3) is 0 Å². The van der Waals surface area contributed by atoms with Crippen LogP contribution in [0, 0.1) is 0 Å². The van der Waals surface area contributed by atoms with E-state index in [1.807, 2.05) is 34.6 Å². The normalized spacial score (nSPS) is 40.3. The Labute approximate surface area is 149 Å². The van der Waals surface area contributed by atoms with Gasteiger partial charge in [-0.1, -0.05) is 0 Å². The van der Waals surface area contributed by atoms with Crippen molar-refractivity contribution in [1.82, 2.24) is 0 Å². The lowest BCUT2D eigenvalue weighted by atomic mass is 10.1. The quantitative estimate of drug-likeness (QED) is 0.665. The minimum atomic E-state index is -0.701. The van der Waals surface area contributed by atoms with Crippen LogP contribution in [0.4, 0.5) is 0 Å². The van der Waals surface area contributed by atoms with Gasteiger partial charge in [-0.05, 0) is 34.6 Å². The van der Waals surface area contributed by atoms with E-state index in [1.165, 1.54) is 0 Å². The number of hydrogen-bond acceptors (Lipinski definition) is 8. The molecule has 3 saturated heterocycles. The molecule has 8 nitrogen and oxygen atoms in total. The Hall–Kier alpha value is -0.320. The summed E-state index contributed by atoms with van der Waals surface area (Å²) < 4.78 is 41.3. The Bertz CT molecular complexity index is 458. The Kier molecular flexibility index (Phi) is 5.72. The van der Waals surface area contributed by atoms with E-state index in [4.69, 9.17) is 38.9 Å². The van der Waals surface area contributed by atoms with Crippen molar-refractivity contribution in [2.45, 2.75) is 83.0 Å². The highest BCUT2D eigenvalue weighted by molar-refractivity contribution is 4.99. The topological polar surface area (TPSA) is 90.6 Å². The molecule has 25 heavy (non-hydrogen) atoms. The smallest absolute Gasteiger partial charge is 0.190 e. The van der Waals surface area contributed by atoms with E-state index < -0.39 is 17.9 Å². The fourth-order valence-electron chi connectivity index (χ4n) is 3.48. The summed E-state index contributed by atoms with van der Waals surface area (Å²) in [6, 6.07) is 0. The molecule has 2 N–H and O–H groups in total. The van der Waals surface area contributed by atoms with Gasteiger partial charge in [-0.2, -0.15) is 0 Å². The zero-order chi connectivity index (χ0) is 18.2. The van der Waals surface area contributed by atoms with Gasteiger partial charge in [-0.25, -0.2) is 0 Å². The summed E-state index contributed by atoms with van der Waals surface area (Å²) in [4.78, 5) is 0. The molecule has 3 heterocycles. The van der Waals surface area contributed by atoms with Gasteiger partial charge in [-0.15, -0.1) is 0 Å². The number of nitrogens with two attached hydrogens (primary N) is 1. The first-order valence-electron chi connectivity index (χ1n) is 8.97. The van der Waals surface area contributed by atoms with Crippen LogP contribution in [-0.4, -0.2) is 74.7 Å². The van der Waals surface area contributed by atoms with Crippen LogP contribution >= 0.6 is 0 Å². The molecule has 3 rings (SSSR count). The summed E-state index contributed by atoms with van der Waals surface area (Å²) >= 11 is 0. The molecule has 0 saturated carbocycles. The van der Waals surface area contributed by atoms with Gasteiger partial charge in [0.05, 0.1) is 25.9 Å². The molecule has 0 aromatic heterocycles. The SMILES string of the molecule is CC(COCCN)OC1C2OC(C)(C)O[C@H]2O[C@@H]1C1COC(C)(C)O1. The van der Waals surface area contributed by atoms with E-state index in [9.17, 15) is 0 Å². The predicted octanol–water partition coefficient (Wildman–Crippen LogP) is 0.763. The standard InChI is InChI=1S/C17H31NO7/c1-10(8-19-7-6-18)21-13-12(11-9-20-16(2,3)23-11)22-15-14(13)24-17(4,5)25-15/h10-15H,6-9,18H2,1-5H3/t10?,11?,12-,13?,14?,15-/m1/s1. The Morgan fingerprint density at radius 3 is 2.48 bits per heavy atom. The average molecular weight is 361 g/mol. The number of hydrogen-bond donors (Lipinski definition) is 1. The van der Waals surface area contributed by atoms with Gasteiger partial charge in [0.25, 0.3) is 0 Å². The van der Waals surface area contributed by atoms with Gasteiger partial charge in [-0.3, -0.25) is 0 Å². The van der Waals surface area contributed by atoms with E-state index in [0.29, 0.717) is 26.4 Å². The van der Waals surface area contributed by atoms with Crippen LogP contribution in [0.3, 0.4) is 0 Å². The molecule has 4 unspecified atom stereocenters. The second kappa shape index (κ2) is 7.36. The van der Waals surface area contributed by atoms with E-state index in [2.05, 4.69) is 0 Å². The summed E-state index contributed by atoms with van der Waals surface area (Å²) in [5, 5.41) is 0. The van der Waals surface area contributed by atoms with Gasteiger partial charge < -0.3 is 38.9 Å². The largest absolute Gasteiger partial charge is 0.377 e. The molecule has 3 fully saturated rings. The van der Waals surface area contributed by atoms with Gasteiger partial charge >= 0.3 is 0 Å². The zero-order valence-corrected chi connectivity index (χ0v) is 15.7. The molecule has 0 aliphatic carbocycles. The molecule has 0 amide bonds. The lowest BCUT2D eigenvalue weighted by Gasteiger charge is -2.30. The molecule has 6 atom stereocenters. The number of fused-ring (bicyclic) bond motifs is 1. The van der Waals surface area contributed by atoms with Gasteiger partial charge in [0.15, 0.2) is 17.9 Å². The highest BCUT2D eigenvalue weighted by Crippen LogP contribution is 2.42. The lowest BCUT2D eigenvalue weighted by Crippen LogP contribution is -2.46. The molecule has 0 spiro atoms. The van der Waals surface area contributed by atoms with Crippen molar-refractivity contribution in [3.8, 4) is 0 Å². The maximum absolute atomic E-state index is 6.23. The van der Waals surface area contributed by atoms with Crippen molar-refractivity contribution < 1.29 is 33.2 Å². The number of ether oxygens (including phenoxy) is 7. The predicted molar refractivity (Wildman–Crippen MR) is 87.8 cm³/mol. The van der Waals surface area contributed by atoms with Crippen LogP contribution in [-0.2, 0) is 33.2 Å². The molecule has 3 aliphatic heterocycles. The fourth-order valence-corrected chi connectivity index (χ4v) is 3.48. The third kappa shape index (κ3) is 4.51. The highest BCUT2D eigenvalue weighted by atomic mass is 16.8. The van der Waals surface area contributed by atoms with Crippen molar-refractivity contribution in [2.75, 3.05) is 26.4 Å².